The number of carbonyl (C=O) groups is 1. The third kappa shape index (κ3) is 3.92. The number of amides is 1. The fraction of sp³-hybridized carbons (Fsp3) is 0.318. The van der Waals surface area contributed by atoms with Gasteiger partial charge in [-0.2, -0.15) is 5.10 Å². The lowest BCUT2D eigenvalue weighted by atomic mass is 10.00. The zero-order valence-corrected chi connectivity index (χ0v) is 15.6. The van der Waals surface area contributed by atoms with E-state index in [-0.39, 0.29) is 11.9 Å². The molecule has 5 heteroatoms. The van der Waals surface area contributed by atoms with Gasteiger partial charge in [0.2, 0.25) is 5.91 Å². The maximum Gasteiger partial charge on any atom is 0.227 e. The van der Waals surface area contributed by atoms with Crippen molar-refractivity contribution in [2.75, 3.05) is 6.54 Å². The Morgan fingerprint density at radius 3 is 2.81 bits per heavy atom. The summed E-state index contributed by atoms with van der Waals surface area (Å²) >= 11 is 0. The van der Waals surface area contributed by atoms with Gasteiger partial charge in [0, 0.05) is 12.1 Å². The molecule has 4 rings (SSSR count). The molecular weight excluding hydrogens is 336 g/mol. The van der Waals surface area contributed by atoms with Gasteiger partial charge in [0.1, 0.15) is 5.82 Å². The second-order valence-corrected chi connectivity index (χ2v) is 7.17. The monoisotopic (exact) mass is 360 g/mol. The molecule has 1 fully saturated rings. The smallest absolute Gasteiger partial charge is 0.227 e. The minimum absolute atomic E-state index is 0.0268. The van der Waals surface area contributed by atoms with Crippen molar-refractivity contribution in [3.8, 4) is 11.4 Å². The first-order chi connectivity index (χ1) is 13.2. The van der Waals surface area contributed by atoms with Gasteiger partial charge >= 0.3 is 0 Å². The van der Waals surface area contributed by atoms with E-state index in [2.05, 4.69) is 29.3 Å². The number of benzene rings is 2. The van der Waals surface area contributed by atoms with Crippen molar-refractivity contribution in [1.82, 2.24) is 20.1 Å². The standard InChI is InChI=1S/C22H24N4O/c1-16-8-7-9-17(14-16)15-20(27)26-13-6-5-12-19(26)22-23-21(24-25-22)18-10-3-2-4-11-18/h2-4,7-11,14,19H,5-6,12-13,15H2,1H3,(H,23,24,25). The molecule has 1 aliphatic rings. The van der Waals surface area contributed by atoms with Crippen LogP contribution in [0, 0.1) is 6.92 Å². The molecule has 1 unspecified atom stereocenters. The number of nitrogens with one attached hydrogen (secondary N) is 1. The zero-order chi connectivity index (χ0) is 18.6. The van der Waals surface area contributed by atoms with E-state index in [1.54, 1.807) is 0 Å². The molecule has 2 heterocycles. The van der Waals surface area contributed by atoms with Gasteiger partial charge in [0.05, 0.1) is 12.5 Å². The zero-order valence-electron chi connectivity index (χ0n) is 15.6. The molecule has 1 amide bonds. The average molecular weight is 360 g/mol. The maximum absolute atomic E-state index is 13.0. The summed E-state index contributed by atoms with van der Waals surface area (Å²) in [7, 11) is 0. The molecule has 0 aliphatic carbocycles. The van der Waals surface area contributed by atoms with Gasteiger partial charge in [0.25, 0.3) is 0 Å². The largest absolute Gasteiger partial charge is 0.332 e. The number of hydrogen-bond donors (Lipinski definition) is 1. The van der Waals surface area contributed by atoms with Gasteiger partial charge in [-0.3, -0.25) is 9.89 Å². The molecule has 1 aromatic heterocycles. The molecule has 0 saturated carbocycles. The lowest BCUT2D eigenvalue weighted by molar-refractivity contribution is -0.134. The van der Waals surface area contributed by atoms with E-state index in [1.165, 1.54) is 5.56 Å². The number of H-pyrrole nitrogens is 1. The number of aromatic amines is 1. The molecule has 27 heavy (non-hydrogen) atoms. The molecule has 5 nitrogen and oxygen atoms in total. The van der Waals surface area contributed by atoms with Gasteiger partial charge in [-0.1, -0.05) is 60.2 Å². The minimum Gasteiger partial charge on any atom is -0.332 e. The molecule has 3 aromatic rings. The summed E-state index contributed by atoms with van der Waals surface area (Å²) in [5.74, 6) is 1.62. The van der Waals surface area contributed by atoms with Crippen LogP contribution in [0.1, 0.15) is 42.3 Å². The van der Waals surface area contributed by atoms with Crippen LogP contribution in [0.25, 0.3) is 11.4 Å². The van der Waals surface area contributed by atoms with Crippen molar-refractivity contribution in [2.24, 2.45) is 0 Å². The van der Waals surface area contributed by atoms with Crippen molar-refractivity contribution >= 4 is 5.91 Å². The minimum atomic E-state index is -0.0268. The molecule has 0 spiro atoms. The summed E-state index contributed by atoms with van der Waals surface area (Å²) < 4.78 is 0. The second kappa shape index (κ2) is 7.74. The number of piperidine rings is 1. The van der Waals surface area contributed by atoms with Gasteiger partial charge in [-0.05, 0) is 31.7 Å². The Hall–Kier alpha value is -2.95. The predicted octanol–water partition coefficient (Wildman–Crippen LogP) is 4.08. The number of likely N-dealkylation sites (tertiary alicyclic amines) is 1. The lowest BCUT2D eigenvalue weighted by Crippen LogP contribution is -2.39. The summed E-state index contributed by atoms with van der Waals surface area (Å²) in [4.78, 5) is 19.7. The Balaban J connectivity index is 1.54. The van der Waals surface area contributed by atoms with E-state index in [0.717, 1.165) is 42.8 Å². The highest BCUT2D eigenvalue weighted by molar-refractivity contribution is 5.79. The van der Waals surface area contributed by atoms with Crippen LogP contribution in [0.2, 0.25) is 0 Å². The number of aryl methyl sites for hydroxylation is 1. The van der Waals surface area contributed by atoms with E-state index >= 15 is 0 Å². The highest BCUT2D eigenvalue weighted by Crippen LogP contribution is 2.30. The van der Waals surface area contributed by atoms with Crippen LogP contribution in [0.3, 0.4) is 0 Å². The van der Waals surface area contributed by atoms with Crippen molar-refractivity contribution in [1.29, 1.82) is 0 Å². The Morgan fingerprint density at radius 2 is 2.00 bits per heavy atom. The van der Waals surface area contributed by atoms with E-state index < -0.39 is 0 Å². The molecule has 0 radical (unpaired) electrons. The first kappa shape index (κ1) is 17.5. The summed E-state index contributed by atoms with van der Waals surface area (Å²) in [5.41, 5.74) is 3.22. The number of nitrogens with zero attached hydrogens (tertiary/aromatic N) is 3. The van der Waals surface area contributed by atoms with Crippen LogP contribution in [-0.2, 0) is 11.2 Å². The van der Waals surface area contributed by atoms with E-state index in [1.807, 2.05) is 47.4 Å². The Morgan fingerprint density at radius 1 is 1.15 bits per heavy atom. The SMILES string of the molecule is Cc1cccc(CC(=O)N2CCCCC2c2nc(-c3ccccc3)n[nH]2)c1. The van der Waals surface area contributed by atoms with Crippen molar-refractivity contribution in [2.45, 2.75) is 38.6 Å². The molecule has 0 bridgehead atoms. The van der Waals surface area contributed by atoms with E-state index in [9.17, 15) is 4.79 Å². The number of hydrogen-bond acceptors (Lipinski definition) is 3. The fourth-order valence-electron chi connectivity index (χ4n) is 3.75. The molecule has 1 atom stereocenters. The fourth-order valence-corrected chi connectivity index (χ4v) is 3.75. The second-order valence-electron chi connectivity index (χ2n) is 7.17. The molecule has 138 valence electrons. The Kier molecular flexibility index (Phi) is 5.01. The predicted molar refractivity (Wildman–Crippen MR) is 105 cm³/mol. The van der Waals surface area contributed by atoms with Gasteiger partial charge in [0.15, 0.2) is 5.82 Å². The quantitative estimate of drug-likeness (QED) is 0.763. The highest BCUT2D eigenvalue weighted by atomic mass is 16.2. The number of aromatic nitrogens is 3. The Labute approximate surface area is 159 Å². The summed E-state index contributed by atoms with van der Waals surface area (Å²) in [6.45, 7) is 2.83. The molecule has 1 N–H and O–H groups in total. The van der Waals surface area contributed by atoms with Crippen LogP contribution in [0.15, 0.2) is 54.6 Å². The van der Waals surface area contributed by atoms with Gasteiger partial charge in [-0.15, -0.1) is 0 Å². The van der Waals surface area contributed by atoms with Crippen LogP contribution in [0.4, 0.5) is 0 Å². The topological polar surface area (TPSA) is 61.9 Å². The van der Waals surface area contributed by atoms with Crippen LogP contribution < -0.4 is 0 Å². The molecule has 1 aliphatic heterocycles. The molecule has 2 aromatic carbocycles. The van der Waals surface area contributed by atoms with E-state index in [4.69, 9.17) is 4.98 Å². The van der Waals surface area contributed by atoms with Crippen LogP contribution in [0.5, 0.6) is 0 Å². The van der Waals surface area contributed by atoms with Gasteiger partial charge < -0.3 is 4.90 Å². The maximum atomic E-state index is 13.0. The molecular formula is C22H24N4O. The van der Waals surface area contributed by atoms with Crippen LogP contribution >= 0.6 is 0 Å². The number of rotatable bonds is 4. The number of carbonyl (C=O) groups excluding carboxylic acids is 1. The van der Waals surface area contributed by atoms with Crippen LogP contribution in [-0.4, -0.2) is 32.5 Å². The normalized spacial score (nSPS) is 17.1. The van der Waals surface area contributed by atoms with Crippen molar-refractivity contribution < 1.29 is 4.79 Å². The lowest BCUT2D eigenvalue weighted by Gasteiger charge is -2.34. The summed E-state index contributed by atoms with van der Waals surface area (Å²) in [5, 5.41) is 7.45. The van der Waals surface area contributed by atoms with Crippen molar-refractivity contribution in [3.63, 3.8) is 0 Å². The third-order valence-electron chi connectivity index (χ3n) is 5.11. The van der Waals surface area contributed by atoms with Crippen molar-refractivity contribution in [3.05, 3.63) is 71.5 Å². The summed E-state index contributed by atoms with van der Waals surface area (Å²) in [6, 6.07) is 18.1. The first-order valence-electron chi connectivity index (χ1n) is 9.53. The first-order valence-corrected chi connectivity index (χ1v) is 9.53. The van der Waals surface area contributed by atoms with Gasteiger partial charge in [-0.25, -0.2) is 4.98 Å². The molecule has 1 saturated heterocycles. The third-order valence-corrected chi connectivity index (χ3v) is 5.11. The highest BCUT2D eigenvalue weighted by Gasteiger charge is 2.30. The Bertz CT molecular complexity index is 919. The average Bonchev–Trinajstić information content (AvgIpc) is 3.19. The summed E-state index contributed by atoms with van der Waals surface area (Å²) in [6.07, 6.45) is 3.48. The van der Waals surface area contributed by atoms with E-state index in [0.29, 0.717) is 12.2 Å².